The SMILES string of the molecule is O=C(Cn1cccc1C(=O)N1CCN(C(=O)c2ccccc2)CC1)NC1CCCC1. The Morgan fingerprint density at radius 1 is 0.833 bits per heavy atom. The van der Waals surface area contributed by atoms with Crippen molar-refractivity contribution < 1.29 is 14.4 Å². The molecule has 2 aliphatic rings. The first-order valence-electron chi connectivity index (χ1n) is 10.7. The van der Waals surface area contributed by atoms with Crippen molar-refractivity contribution in [3.8, 4) is 0 Å². The van der Waals surface area contributed by atoms with Crippen molar-refractivity contribution >= 4 is 17.7 Å². The molecule has 1 N–H and O–H groups in total. The molecule has 0 atom stereocenters. The van der Waals surface area contributed by atoms with Crippen LogP contribution in [0.4, 0.5) is 0 Å². The monoisotopic (exact) mass is 408 g/mol. The number of nitrogens with one attached hydrogen (secondary N) is 1. The molecule has 0 radical (unpaired) electrons. The highest BCUT2D eigenvalue weighted by molar-refractivity contribution is 5.95. The molecule has 1 aromatic carbocycles. The van der Waals surface area contributed by atoms with E-state index in [0.717, 1.165) is 25.7 Å². The van der Waals surface area contributed by atoms with Gasteiger partial charge >= 0.3 is 0 Å². The predicted octanol–water partition coefficient (Wildman–Crippen LogP) is 2.15. The second-order valence-corrected chi connectivity index (χ2v) is 8.02. The van der Waals surface area contributed by atoms with Gasteiger partial charge in [-0.3, -0.25) is 14.4 Å². The van der Waals surface area contributed by atoms with E-state index in [9.17, 15) is 14.4 Å². The maximum atomic E-state index is 13.0. The fourth-order valence-electron chi connectivity index (χ4n) is 4.28. The Morgan fingerprint density at radius 3 is 2.13 bits per heavy atom. The number of piperazine rings is 1. The standard InChI is InChI=1S/C23H28N4O3/c28-21(24-19-9-4-5-10-19)17-27-12-6-11-20(27)23(30)26-15-13-25(14-16-26)22(29)18-7-2-1-3-8-18/h1-3,6-8,11-12,19H,4-5,9-10,13-17H2,(H,24,28). The van der Waals surface area contributed by atoms with Crippen LogP contribution in [0, 0.1) is 0 Å². The summed E-state index contributed by atoms with van der Waals surface area (Å²) in [5.41, 5.74) is 1.18. The quantitative estimate of drug-likeness (QED) is 0.824. The van der Waals surface area contributed by atoms with Gasteiger partial charge in [0.2, 0.25) is 5.91 Å². The van der Waals surface area contributed by atoms with Gasteiger partial charge in [-0.05, 0) is 37.1 Å². The first kappa shape index (κ1) is 20.2. The summed E-state index contributed by atoms with van der Waals surface area (Å²) in [6, 6.07) is 13.0. The van der Waals surface area contributed by atoms with Gasteiger partial charge in [-0.15, -0.1) is 0 Å². The lowest BCUT2D eigenvalue weighted by molar-refractivity contribution is -0.122. The highest BCUT2D eigenvalue weighted by Gasteiger charge is 2.27. The van der Waals surface area contributed by atoms with E-state index in [4.69, 9.17) is 0 Å². The molecule has 7 heteroatoms. The third-order valence-corrected chi connectivity index (χ3v) is 5.96. The van der Waals surface area contributed by atoms with E-state index in [-0.39, 0.29) is 30.3 Å². The Hall–Kier alpha value is -3.09. The number of hydrogen-bond acceptors (Lipinski definition) is 3. The minimum atomic E-state index is -0.0968. The van der Waals surface area contributed by atoms with Crippen LogP contribution in [0.3, 0.4) is 0 Å². The van der Waals surface area contributed by atoms with Crippen LogP contribution in [0.5, 0.6) is 0 Å². The third kappa shape index (κ3) is 4.56. The lowest BCUT2D eigenvalue weighted by Crippen LogP contribution is -2.51. The summed E-state index contributed by atoms with van der Waals surface area (Å²) in [4.78, 5) is 41.5. The molecule has 2 fully saturated rings. The van der Waals surface area contributed by atoms with E-state index < -0.39 is 0 Å². The maximum Gasteiger partial charge on any atom is 0.270 e. The molecular weight excluding hydrogens is 380 g/mol. The van der Waals surface area contributed by atoms with Crippen LogP contribution in [-0.4, -0.2) is 64.3 Å². The van der Waals surface area contributed by atoms with Crippen molar-refractivity contribution in [2.45, 2.75) is 38.3 Å². The molecule has 1 saturated carbocycles. The summed E-state index contributed by atoms with van der Waals surface area (Å²) in [6.45, 7) is 2.12. The van der Waals surface area contributed by atoms with Gasteiger partial charge in [0, 0.05) is 44.0 Å². The molecule has 1 saturated heterocycles. The normalized spacial score (nSPS) is 17.2. The molecule has 1 aliphatic carbocycles. The molecule has 158 valence electrons. The van der Waals surface area contributed by atoms with Crippen molar-refractivity contribution in [3.05, 3.63) is 59.9 Å². The Labute approximate surface area is 176 Å². The highest BCUT2D eigenvalue weighted by Crippen LogP contribution is 2.18. The molecule has 2 heterocycles. The summed E-state index contributed by atoms with van der Waals surface area (Å²) in [5, 5.41) is 3.07. The zero-order valence-electron chi connectivity index (χ0n) is 17.1. The summed E-state index contributed by atoms with van der Waals surface area (Å²) in [6.07, 6.45) is 6.18. The molecule has 1 aliphatic heterocycles. The molecule has 0 bridgehead atoms. The Morgan fingerprint density at radius 2 is 1.47 bits per heavy atom. The molecule has 7 nitrogen and oxygen atoms in total. The first-order chi connectivity index (χ1) is 14.6. The number of hydrogen-bond donors (Lipinski definition) is 1. The molecule has 30 heavy (non-hydrogen) atoms. The summed E-state index contributed by atoms with van der Waals surface area (Å²) in [5.74, 6) is -0.152. The Kier molecular flexibility index (Phi) is 6.16. The van der Waals surface area contributed by atoms with Crippen molar-refractivity contribution in [1.29, 1.82) is 0 Å². The van der Waals surface area contributed by atoms with Crippen molar-refractivity contribution in [1.82, 2.24) is 19.7 Å². The van der Waals surface area contributed by atoms with Crippen LogP contribution in [0.15, 0.2) is 48.7 Å². The van der Waals surface area contributed by atoms with E-state index in [1.807, 2.05) is 30.3 Å². The fourth-order valence-corrected chi connectivity index (χ4v) is 4.28. The maximum absolute atomic E-state index is 13.0. The van der Waals surface area contributed by atoms with Gasteiger partial charge < -0.3 is 19.7 Å². The topological polar surface area (TPSA) is 74.7 Å². The van der Waals surface area contributed by atoms with Gasteiger partial charge in [0.25, 0.3) is 11.8 Å². The third-order valence-electron chi connectivity index (χ3n) is 5.96. The largest absolute Gasteiger partial charge is 0.352 e. The van der Waals surface area contributed by atoms with Crippen LogP contribution in [0.25, 0.3) is 0 Å². The number of nitrogens with zero attached hydrogens (tertiary/aromatic N) is 3. The number of rotatable bonds is 5. The van der Waals surface area contributed by atoms with Crippen molar-refractivity contribution in [2.24, 2.45) is 0 Å². The lowest BCUT2D eigenvalue weighted by Gasteiger charge is -2.35. The Bertz CT molecular complexity index is 894. The smallest absolute Gasteiger partial charge is 0.270 e. The minimum Gasteiger partial charge on any atom is -0.352 e. The van der Waals surface area contributed by atoms with Gasteiger partial charge in [-0.1, -0.05) is 31.0 Å². The lowest BCUT2D eigenvalue weighted by atomic mass is 10.2. The predicted molar refractivity (Wildman–Crippen MR) is 113 cm³/mol. The molecule has 4 rings (SSSR count). The van der Waals surface area contributed by atoms with Crippen LogP contribution in [0.2, 0.25) is 0 Å². The summed E-state index contributed by atoms with van der Waals surface area (Å²) < 4.78 is 1.72. The molecule has 0 unspecified atom stereocenters. The van der Waals surface area contributed by atoms with Gasteiger partial charge in [-0.2, -0.15) is 0 Å². The van der Waals surface area contributed by atoms with E-state index in [1.54, 1.807) is 32.7 Å². The van der Waals surface area contributed by atoms with E-state index >= 15 is 0 Å². The molecule has 3 amide bonds. The summed E-state index contributed by atoms with van der Waals surface area (Å²) in [7, 11) is 0. The average molecular weight is 409 g/mol. The van der Waals surface area contributed by atoms with Gasteiger partial charge in [0.1, 0.15) is 12.2 Å². The van der Waals surface area contributed by atoms with Crippen LogP contribution in [0.1, 0.15) is 46.5 Å². The molecule has 2 aromatic rings. The van der Waals surface area contributed by atoms with Gasteiger partial charge in [0.15, 0.2) is 0 Å². The summed E-state index contributed by atoms with van der Waals surface area (Å²) >= 11 is 0. The zero-order chi connectivity index (χ0) is 20.9. The Balaban J connectivity index is 1.33. The second kappa shape index (κ2) is 9.15. The van der Waals surface area contributed by atoms with E-state index in [0.29, 0.717) is 37.4 Å². The number of benzene rings is 1. The van der Waals surface area contributed by atoms with Crippen LogP contribution in [-0.2, 0) is 11.3 Å². The number of carbonyl (C=O) groups is 3. The van der Waals surface area contributed by atoms with E-state index in [1.165, 1.54) is 0 Å². The first-order valence-corrected chi connectivity index (χ1v) is 10.7. The van der Waals surface area contributed by atoms with Crippen molar-refractivity contribution in [2.75, 3.05) is 26.2 Å². The van der Waals surface area contributed by atoms with Gasteiger partial charge in [-0.25, -0.2) is 0 Å². The number of aromatic nitrogens is 1. The fraction of sp³-hybridized carbons (Fsp3) is 0.435. The zero-order valence-corrected chi connectivity index (χ0v) is 17.1. The minimum absolute atomic E-state index is 0.00495. The number of amides is 3. The van der Waals surface area contributed by atoms with Crippen LogP contribution < -0.4 is 5.32 Å². The molecular formula is C23H28N4O3. The average Bonchev–Trinajstić information content (AvgIpc) is 3.45. The van der Waals surface area contributed by atoms with Crippen molar-refractivity contribution in [3.63, 3.8) is 0 Å². The number of carbonyl (C=O) groups excluding carboxylic acids is 3. The highest BCUT2D eigenvalue weighted by atomic mass is 16.2. The molecule has 0 spiro atoms. The second-order valence-electron chi connectivity index (χ2n) is 8.02. The van der Waals surface area contributed by atoms with E-state index in [2.05, 4.69) is 5.32 Å². The van der Waals surface area contributed by atoms with Crippen LogP contribution >= 0.6 is 0 Å². The van der Waals surface area contributed by atoms with Gasteiger partial charge in [0.05, 0.1) is 0 Å². The molecule has 1 aromatic heterocycles.